The summed E-state index contributed by atoms with van der Waals surface area (Å²) in [6.45, 7) is 0. The van der Waals surface area contributed by atoms with Crippen molar-refractivity contribution in [1.82, 2.24) is 15.0 Å². The van der Waals surface area contributed by atoms with Gasteiger partial charge < -0.3 is 4.57 Å². The molecule has 0 saturated heterocycles. The molecule has 3 aromatic rings. The first-order valence-electron chi connectivity index (χ1n) is 8.21. The second kappa shape index (κ2) is 8.42. The minimum atomic E-state index is -4.69. The van der Waals surface area contributed by atoms with Crippen molar-refractivity contribution in [3.63, 3.8) is 0 Å². The van der Waals surface area contributed by atoms with Crippen LogP contribution < -0.4 is 10.9 Å². The molecule has 5 nitrogen and oxygen atoms in total. The lowest BCUT2D eigenvalue weighted by Gasteiger charge is -2.17. The number of pyridine rings is 1. The SMILES string of the molecule is O=C(NNc1ncc(C(F)(F)F)cc1Cl)c1cccn1-c1ccc(Br)cc1C(F)(F)F. The molecule has 0 atom stereocenters. The van der Waals surface area contributed by atoms with Gasteiger partial charge in [0.05, 0.1) is 21.8 Å². The fraction of sp³-hybridized carbons (Fsp3) is 0.111. The highest BCUT2D eigenvalue weighted by Gasteiger charge is 2.35. The average Bonchev–Trinajstić information content (AvgIpc) is 3.15. The van der Waals surface area contributed by atoms with Crippen molar-refractivity contribution in [2.24, 2.45) is 0 Å². The molecule has 164 valence electrons. The van der Waals surface area contributed by atoms with E-state index in [-0.39, 0.29) is 21.7 Å². The summed E-state index contributed by atoms with van der Waals surface area (Å²) < 4.78 is 79.5. The van der Waals surface area contributed by atoms with Crippen LogP contribution in [0.5, 0.6) is 0 Å². The van der Waals surface area contributed by atoms with E-state index in [9.17, 15) is 31.1 Å². The van der Waals surface area contributed by atoms with Crippen molar-refractivity contribution in [2.75, 3.05) is 5.43 Å². The lowest BCUT2D eigenvalue weighted by Crippen LogP contribution is -2.31. The molecule has 0 aliphatic carbocycles. The number of carbonyl (C=O) groups is 1. The van der Waals surface area contributed by atoms with Crippen LogP contribution in [0.2, 0.25) is 5.02 Å². The number of nitrogens with one attached hydrogen (secondary N) is 2. The van der Waals surface area contributed by atoms with Crippen molar-refractivity contribution >= 4 is 39.3 Å². The number of nitrogens with zero attached hydrogens (tertiary/aromatic N) is 2. The fourth-order valence-corrected chi connectivity index (χ4v) is 3.16. The molecular formula is C18H10BrClF6N4O. The van der Waals surface area contributed by atoms with E-state index in [0.717, 1.165) is 10.6 Å². The van der Waals surface area contributed by atoms with E-state index in [1.807, 2.05) is 0 Å². The molecular weight excluding hydrogens is 518 g/mol. The van der Waals surface area contributed by atoms with Crippen LogP contribution in [-0.4, -0.2) is 15.5 Å². The summed E-state index contributed by atoms with van der Waals surface area (Å²) in [5.41, 5.74) is 1.87. The summed E-state index contributed by atoms with van der Waals surface area (Å²) >= 11 is 8.73. The molecule has 3 rings (SSSR count). The molecule has 13 heteroatoms. The second-order valence-electron chi connectivity index (χ2n) is 6.05. The molecule has 2 heterocycles. The van der Waals surface area contributed by atoms with Gasteiger partial charge in [0.25, 0.3) is 5.91 Å². The zero-order valence-electron chi connectivity index (χ0n) is 14.9. The van der Waals surface area contributed by atoms with E-state index in [1.165, 1.54) is 30.5 Å². The van der Waals surface area contributed by atoms with Crippen LogP contribution in [-0.2, 0) is 12.4 Å². The Morgan fingerprint density at radius 3 is 2.39 bits per heavy atom. The van der Waals surface area contributed by atoms with Crippen LogP contribution in [0.25, 0.3) is 5.69 Å². The number of hydrogen-bond donors (Lipinski definition) is 2. The van der Waals surface area contributed by atoms with Gasteiger partial charge in [-0.25, -0.2) is 4.98 Å². The highest BCUT2D eigenvalue weighted by atomic mass is 79.9. The van der Waals surface area contributed by atoms with Gasteiger partial charge in [0.15, 0.2) is 5.82 Å². The first kappa shape index (κ1) is 22.9. The van der Waals surface area contributed by atoms with Crippen molar-refractivity contribution in [3.8, 4) is 5.69 Å². The first-order chi connectivity index (χ1) is 14.4. The number of benzene rings is 1. The molecule has 2 N–H and O–H groups in total. The number of amides is 1. The Bertz CT molecular complexity index is 1130. The lowest BCUT2D eigenvalue weighted by molar-refractivity contribution is -0.138. The number of alkyl halides is 6. The molecule has 0 fully saturated rings. The Kier molecular flexibility index (Phi) is 6.23. The highest BCUT2D eigenvalue weighted by molar-refractivity contribution is 9.10. The van der Waals surface area contributed by atoms with Crippen molar-refractivity contribution in [1.29, 1.82) is 0 Å². The average molecular weight is 528 g/mol. The van der Waals surface area contributed by atoms with Gasteiger partial charge in [0.1, 0.15) is 5.69 Å². The van der Waals surface area contributed by atoms with E-state index in [1.54, 1.807) is 0 Å². The Hall–Kier alpha value is -2.73. The molecule has 1 amide bonds. The van der Waals surface area contributed by atoms with Crippen LogP contribution >= 0.6 is 27.5 Å². The number of hydrogen-bond acceptors (Lipinski definition) is 3. The maximum Gasteiger partial charge on any atom is 0.418 e. The van der Waals surface area contributed by atoms with Gasteiger partial charge >= 0.3 is 12.4 Å². The van der Waals surface area contributed by atoms with E-state index >= 15 is 0 Å². The molecule has 0 unspecified atom stereocenters. The summed E-state index contributed by atoms with van der Waals surface area (Å²) in [5, 5.41) is -0.419. The number of aromatic nitrogens is 2. The predicted octanol–water partition coefficient (Wildman–Crippen LogP) is 6.08. The number of carbonyl (C=O) groups excluding carboxylic acids is 1. The molecule has 0 saturated carbocycles. The van der Waals surface area contributed by atoms with Crippen molar-refractivity contribution in [2.45, 2.75) is 12.4 Å². The van der Waals surface area contributed by atoms with Crippen LogP contribution in [0, 0.1) is 0 Å². The van der Waals surface area contributed by atoms with Crippen LogP contribution in [0.15, 0.2) is 53.3 Å². The Balaban J connectivity index is 1.85. The van der Waals surface area contributed by atoms with E-state index < -0.39 is 34.4 Å². The van der Waals surface area contributed by atoms with Crippen LogP contribution in [0.3, 0.4) is 0 Å². The minimum Gasteiger partial charge on any atom is -0.312 e. The molecule has 0 radical (unpaired) electrons. The third kappa shape index (κ3) is 5.13. The Labute approximate surface area is 184 Å². The van der Waals surface area contributed by atoms with Gasteiger partial charge in [-0.15, -0.1) is 0 Å². The quantitative estimate of drug-likeness (QED) is 0.319. The van der Waals surface area contributed by atoms with Crippen molar-refractivity contribution < 1.29 is 31.1 Å². The molecule has 0 spiro atoms. The topological polar surface area (TPSA) is 59.0 Å². The molecule has 1 aromatic carbocycles. The van der Waals surface area contributed by atoms with Gasteiger partial charge in [0.2, 0.25) is 0 Å². The van der Waals surface area contributed by atoms with E-state index in [2.05, 4.69) is 31.8 Å². The predicted molar refractivity (Wildman–Crippen MR) is 104 cm³/mol. The maximum absolute atomic E-state index is 13.4. The van der Waals surface area contributed by atoms with Gasteiger partial charge in [0, 0.05) is 16.9 Å². The first-order valence-corrected chi connectivity index (χ1v) is 9.38. The summed E-state index contributed by atoms with van der Waals surface area (Å²) in [6, 6.07) is 6.69. The standard InChI is InChI=1S/C18H10BrClF6N4O/c19-10-3-4-13(11(7-10)18(24,25)26)30-5-1-2-14(30)16(31)29-28-15-12(20)6-9(8-27-15)17(21,22)23/h1-8H,(H,27,28)(H,29,31). The smallest absolute Gasteiger partial charge is 0.312 e. The maximum atomic E-state index is 13.4. The third-order valence-corrected chi connectivity index (χ3v) is 4.75. The minimum absolute atomic E-state index is 0.177. The van der Waals surface area contributed by atoms with Gasteiger partial charge in [-0.1, -0.05) is 27.5 Å². The van der Waals surface area contributed by atoms with Gasteiger partial charge in [-0.3, -0.25) is 15.6 Å². The summed E-state index contributed by atoms with van der Waals surface area (Å²) in [5.74, 6) is -1.15. The lowest BCUT2D eigenvalue weighted by atomic mass is 10.1. The molecule has 31 heavy (non-hydrogen) atoms. The van der Waals surface area contributed by atoms with Crippen LogP contribution in [0.1, 0.15) is 21.6 Å². The van der Waals surface area contributed by atoms with Crippen molar-refractivity contribution in [3.05, 3.63) is 75.1 Å². The molecule has 0 aliphatic rings. The van der Waals surface area contributed by atoms with Crippen LogP contribution in [0.4, 0.5) is 32.2 Å². The van der Waals surface area contributed by atoms with Gasteiger partial charge in [-0.2, -0.15) is 26.3 Å². The normalized spacial score (nSPS) is 12.0. The third-order valence-electron chi connectivity index (χ3n) is 3.97. The number of anilines is 1. The fourth-order valence-electron chi connectivity index (χ4n) is 2.59. The zero-order chi connectivity index (χ0) is 23.0. The zero-order valence-corrected chi connectivity index (χ0v) is 17.3. The van der Waals surface area contributed by atoms with Gasteiger partial charge in [-0.05, 0) is 36.4 Å². The largest absolute Gasteiger partial charge is 0.418 e. The van der Waals surface area contributed by atoms with E-state index in [4.69, 9.17) is 11.6 Å². The monoisotopic (exact) mass is 526 g/mol. The highest BCUT2D eigenvalue weighted by Crippen LogP contribution is 2.36. The number of halogens is 8. The Morgan fingerprint density at radius 1 is 1.06 bits per heavy atom. The summed E-state index contributed by atoms with van der Waals surface area (Å²) in [6.07, 6.45) is -7.57. The summed E-state index contributed by atoms with van der Waals surface area (Å²) in [7, 11) is 0. The number of hydrazine groups is 1. The molecule has 2 aromatic heterocycles. The molecule has 0 bridgehead atoms. The Morgan fingerprint density at radius 2 is 1.77 bits per heavy atom. The van der Waals surface area contributed by atoms with E-state index in [0.29, 0.717) is 12.3 Å². The second-order valence-corrected chi connectivity index (χ2v) is 7.38. The summed E-state index contributed by atoms with van der Waals surface area (Å²) in [4.78, 5) is 16.0. The molecule has 0 aliphatic heterocycles. The number of rotatable bonds is 4.